The van der Waals surface area contributed by atoms with E-state index in [1.54, 1.807) is 0 Å². The highest BCUT2D eigenvalue weighted by Gasteiger charge is 2.02. The highest BCUT2D eigenvalue weighted by molar-refractivity contribution is 5.78. The quantitative estimate of drug-likeness (QED) is 0.734. The molecule has 4 heteroatoms. The van der Waals surface area contributed by atoms with Crippen LogP contribution in [0.1, 0.15) is 25.8 Å². The van der Waals surface area contributed by atoms with Gasteiger partial charge in [-0.25, -0.2) is 0 Å². The van der Waals surface area contributed by atoms with E-state index in [-0.39, 0.29) is 5.56 Å². The summed E-state index contributed by atoms with van der Waals surface area (Å²) in [5.74, 6) is 0.675. The molecular formula is C17H24N2O2. The van der Waals surface area contributed by atoms with E-state index in [0.717, 1.165) is 36.0 Å². The van der Waals surface area contributed by atoms with Crippen LogP contribution < -0.4 is 10.9 Å². The summed E-state index contributed by atoms with van der Waals surface area (Å²) in [4.78, 5) is 14.9. The molecule has 0 aliphatic rings. The van der Waals surface area contributed by atoms with Crippen molar-refractivity contribution in [2.75, 3.05) is 19.8 Å². The van der Waals surface area contributed by atoms with Gasteiger partial charge in [-0.1, -0.05) is 32.0 Å². The number of pyridine rings is 1. The van der Waals surface area contributed by atoms with E-state index < -0.39 is 0 Å². The van der Waals surface area contributed by atoms with Gasteiger partial charge in [-0.3, -0.25) is 4.79 Å². The van der Waals surface area contributed by atoms with Gasteiger partial charge in [0, 0.05) is 30.8 Å². The summed E-state index contributed by atoms with van der Waals surface area (Å²) >= 11 is 0. The summed E-state index contributed by atoms with van der Waals surface area (Å²) in [6.07, 6.45) is 1.09. The summed E-state index contributed by atoms with van der Waals surface area (Å²) in [5.41, 5.74) is 1.61. The van der Waals surface area contributed by atoms with E-state index in [0.29, 0.717) is 19.1 Å². The molecule has 21 heavy (non-hydrogen) atoms. The number of hydrogen-bond donors (Lipinski definition) is 2. The maximum Gasteiger partial charge on any atom is 0.252 e. The lowest BCUT2D eigenvalue weighted by molar-refractivity contribution is 0.125. The van der Waals surface area contributed by atoms with Gasteiger partial charge in [-0.05, 0) is 29.9 Å². The topological polar surface area (TPSA) is 54.1 Å². The van der Waals surface area contributed by atoms with Crippen LogP contribution in [0.15, 0.2) is 35.1 Å². The van der Waals surface area contributed by atoms with Gasteiger partial charge < -0.3 is 15.0 Å². The Balaban J connectivity index is 1.78. The number of ether oxygens (including phenoxy) is 1. The molecule has 1 aromatic carbocycles. The second kappa shape index (κ2) is 7.96. The van der Waals surface area contributed by atoms with Crippen LogP contribution in [0.2, 0.25) is 0 Å². The van der Waals surface area contributed by atoms with Gasteiger partial charge in [0.1, 0.15) is 0 Å². The standard InChI is InChI=1S/C17H24N2O2/c1-13(2)7-9-21-10-8-18-12-15-11-14-5-3-4-6-16(14)19-17(15)20/h3-6,11,13,18H,7-10,12H2,1-2H3,(H,19,20). The third-order valence-electron chi connectivity index (χ3n) is 3.41. The molecule has 114 valence electrons. The fraction of sp³-hybridized carbons (Fsp3) is 0.471. The fourth-order valence-corrected chi connectivity index (χ4v) is 2.11. The van der Waals surface area contributed by atoms with E-state index in [4.69, 9.17) is 4.74 Å². The van der Waals surface area contributed by atoms with Crippen molar-refractivity contribution >= 4 is 10.9 Å². The molecule has 0 atom stereocenters. The van der Waals surface area contributed by atoms with Crippen LogP contribution in [0, 0.1) is 5.92 Å². The number of nitrogens with one attached hydrogen (secondary N) is 2. The van der Waals surface area contributed by atoms with Crippen molar-refractivity contribution in [1.29, 1.82) is 0 Å². The zero-order valence-electron chi connectivity index (χ0n) is 12.8. The predicted octanol–water partition coefficient (Wildman–Crippen LogP) is 2.68. The van der Waals surface area contributed by atoms with Gasteiger partial charge >= 0.3 is 0 Å². The van der Waals surface area contributed by atoms with Gasteiger partial charge in [0.15, 0.2) is 0 Å². The number of hydrogen-bond acceptors (Lipinski definition) is 3. The first kappa shape index (κ1) is 15.7. The minimum absolute atomic E-state index is 0.0260. The molecule has 0 fully saturated rings. The van der Waals surface area contributed by atoms with Crippen LogP contribution in [0.4, 0.5) is 0 Å². The van der Waals surface area contributed by atoms with E-state index in [1.165, 1.54) is 0 Å². The van der Waals surface area contributed by atoms with Gasteiger partial charge in [0.25, 0.3) is 5.56 Å². The Morgan fingerprint density at radius 3 is 2.86 bits per heavy atom. The maximum atomic E-state index is 11.9. The van der Waals surface area contributed by atoms with Crippen LogP contribution in [-0.2, 0) is 11.3 Å². The number of benzene rings is 1. The molecule has 0 spiro atoms. The Bertz CT molecular complexity index is 619. The molecule has 0 radical (unpaired) electrons. The number of rotatable bonds is 8. The molecule has 0 aliphatic carbocycles. The summed E-state index contributed by atoms with van der Waals surface area (Å²) < 4.78 is 5.53. The lowest BCUT2D eigenvalue weighted by atomic mass is 10.1. The van der Waals surface area contributed by atoms with E-state index in [1.807, 2.05) is 30.3 Å². The van der Waals surface area contributed by atoms with Crippen LogP contribution in [-0.4, -0.2) is 24.7 Å². The van der Waals surface area contributed by atoms with Crippen LogP contribution in [0.5, 0.6) is 0 Å². The van der Waals surface area contributed by atoms with Crippen molar-refractivity contribution in [2.24, 2.45) is 5.92 Å². The number of H-pyrrole nitrogens is 1. The Morgan fingerprint density at radius 2 is 2.05 bits per heavy atom. The molecule has 1 heterocycles. The molecule has 0 bridgehead atoms. The third-order valence-corrected chi connectivity index (χ3v) is 3.41. The first-order valence-corrected chi connectivity index (χ1v) is 7.56. The van der Waals surface area contributed by atoms with Crippen molar-refractivity contribution in [3.8, 4) is 0 Å². The summed E-state index contributed by atoms with van der Waals surface area (Å²) in [7, 11) is 0. The SMILES string of the molecule is CC(C)CCOCCNCc1cc2ccccc2[nH]c1=O. The second-order valence-electron chi connectivity index (χ2n) is 5.68. The summed E-state index contributed by atoms with van der Waals surface area (Å²) in [5, 5.41) is 4.31. The first-order chi connectivity index (χ1) is 10.2. The number of aromatic nitrogens is 1. The number of fused-ring (bicyclic) bond motifs is 1. The molecule has 0 saturated heterocycles. The third kappa shape index (κ3) is 4.99. The average molecular weight is 288 g/mol. The smallest absolute Gasteiger partial charge is 0.252 e. The first-order valence-electron chi connectivity index (χ1n) is 7.56. The molecule has 0 unspecified atom stereocenters. The maximum absolute atomic E-state index is 11.9. The molecule has 2 rings (SSSR count). The summed E-state index contributed by atoms with van der Waals surface area (Å²) in [6, 6.07) is 9.76. The van der Waals surface area contributed by atoms with E-state index in [9.17, 15) is 4.79 Å². The normalized spacial score (nSPS) is 11.4. The minimum Gasteiger partial charge on any atom is -0.380 e. The predicted molar refractivity (Wildman–Crippen MR) is 86.5 cm³/mol. The Hall–Kier alpha value is -1.65. The van der Waals surface area contributed by atoms with Crippen molar-refractivity contribution in [3.63, 3.8) is 0 Å². The largest absolute Gasteiger partial charge is 0.380 e. The van der Waals surface area contributed by atoms with Crippen molar-refractivity contribution in [3.05, 3.63) is 46.2 Å². The van der Waals surface area contributed by atoms with Crippen LogP contribution in [0.3, 0.4) is 0 Å². The molecule has 0 amide bonds. The van der Waals surface area contributed by atoms with Crippen LogP contribution in [0.25, 0.3) is 10.9 Å². The molecular weight excluding hydrogens is 264 g/mol. The Labute approximate surface area is 125 Å². The van der Waals surface area contributed by atoms with Crippen molar-refractivity contribution < 1.29 is 4.74 Å². The molecule has 2 N–H and O–H groups in total. The highest BCUT2D eigenvalue weighted by Crippen LogP contribution is 2.09. The Kier molecular flexibility index (Phi) is 5.96. The van der Waals surface area contributed by atoms with Crippen LogP contribution >= 0.6 is 0 Å². The zero-order chi connectivity index (χ0) is 15.1. The monoisotopic (exact) mass is 288 g/mol. The van der Waals surface area contributed by atoms with Gasteiger partial charge in [-0.2, -0.15) is 0 Å². The lowest BCUT2D eigenvalue weighted by Gasteiger charge is -2.08. The number of para-hydroxylation sites is 1. The fourth-order valence-electron chi connectivity index (χ4n) is 2.11. The van der Waals surface area contributed by atoms with Crippen molar-refractivity contribution in [1.82, 2.24) is 10.3 Å². The average Bonchev–Trinajstić information content (AvgIpc) is 2.46. The van der Waals surface area contributed by atoms with Gasteiger partial charge in [0.2, 0.25) is 0 Å². The lowest BCUT2D eigenvalue weighted by Crippen LogP contribution is -2.24. The van der Waals surface area contributed by atoms with Crippen molar-refractivity contribution in [2.45, 2.75) is 26.8 Å². The number of aromatic amines is 1. The highest BCUT2D eigenvalue weighted by atomic mass is 16.5. The molecule has 4 nitrogen and oxygen atoms in total. The van der Waals surface area contributed by atoms with E-state index >= 15 is 0 Å². The molecule has 0 aliphatic heterocycles. The molecule has 2 aromatic rings. The van der Waals surface area contributed by atoms with Gasteiger partial charge in [-0.15, -0.1) is 0 Å². The molecule has 0 saturated carbocycles. The minimum atomic E-state index is -0.0260. The second-order valence-corrected chi connectivity index (χ2v) is 5.68. The molecule has 1 aromatic heterocycles. The van der Waals surface area contributed by atoms with E-state index in [2.05, 4.69) is 24.1 Å². The van der Waals surface area contributed by atoms with Gasteiger partial charge in [0.05, 0.1) is 6.61 Å². The zero-order valence-corrected chi connectivity index (χ0v) is 12.8. The Morgan fingerprint density at radius 1 is 1.24 bits per heavy atom. The summed E-state index contributed by atoms with van der Waals surface area (Å²) in [6.45, 7) is 7.17.